The van der Waals surface area contributed by atoms with Crippen LogP contribution in [-0.4, -0.2) is 20.9 Å². The summed E-state index contributed by atoms with van der Waals surface area (Å²) >= 11 is 11.9. The minimum Gasteiger partial charge on any atom is -0.382 e. The number of nitrogen functional groups attached to an aromatic ring is 1. The van der Waals surface area contributed by atoms with Crippen LogP contribution in [0.4, 0.5) is 11.5 Å². The Hall–Kier alpha value is -2.57. The molecule has 1 aromatic heterocycles. The number of hydrogen-bond donors (Lipinski definition) is 2. The Balaban J connectivity index is 1.78. The molecule has 3 N–H and O–H groups in total. The van der Waals surface area contributed by atoms with Crippen LogP contribution in [0.1, 0.15) is 16.1 Å². The molecule has 6 nitrogen and oxygen atoms in total. The Morgan fingerprint density at radius 2 is 1.83 bits per heavy atom. The predicted molar refractivity (Wildman–Crippen MR) is 94.4 cm³/mol. The maximum atomic E-state index is 12.3. The van der Waals surface area contributed by atoms with Crippen LogP contribution in [-0.2, 0) is 6.54 Å². The Kier molecular flexibility index (Phi) is 4.69. The molecule has 0 aliphatic carbocycles. The molecular formula is C16H13Cl2N5O. The van der Waals surface area contributed by atoms with Gasteiger partial charge in [-0.2, -0.15) is 0 Å². The summed E-state index contributed by atoms with van der Waals surface area (Å²) in [6.07, 6.45) is 0. The number of benzene rings is 2. The Morgan fingerprint density at radius 1 is 1.12 bits per heavy atom. The lowest BCUT2D eigenvalue weighted by molar-refractivity contribution is 0.102. The van der Waals surface area contributed by atoms with Gasteiger partial charge in [0.05, 0.1) is 6.54 Å². The first-order chi connectivity index (χ1) is 11.5. The number of anilines is 2. The summed E-state index contributed by atoms with van der Waals surface area (Å²) in [6, 6.07) is 14.1. The van der Waals surface area contributed by atoms with E-state index in [0.717, 1.165) is 5.56 Å². The molecule has 8 heteroatoms. The van der Waals surface area contributed by atoms with E-state index in [1.54, 1.807) is 36.4 Å². The van der Waals surface area contributed by atoms with Gasteiger partial charge in [0.2, 0.25) is 0 Å². The zero-order chi connectivity index (χ0) is 17.1. The van der Waals surface area contributed by atoms with Gasteiger partial charge >= 0.3 is 0 Å². The second-order valence-corrected chi connectivity index (χ2v) is 5.95. The van der Waals surface area contributed by atoms with Crippen LogP contribution in [0, 0.1) is 0 Å². The molecule has 0 aliphatic rings. The number of nitrogens with one attached hydrogen (secondary N) is 1. The van der Waals surface area contributed by atoms with Gasteiger partial charge in [-0.05, 0) is 35.9 Å². The van der Waals surface area contributed by atoms with Crippen molar-refractivity contribution in [3.63, 3.8) is 0 Å². The van der Waals surface area contributed by atoms with Crippen molar-refractivity contribution in [3.05, 3.63) is 69.8 Å². The number of hydrogen-bond acceptors (Lipinski definition) is 4. The van der Waals surface area contributed by atoms with Gasteiger partial charge in [-0.3, -0.25) is 4.79 Å². The first-order valence-electron chi connectivity index (χ1n) is 7.03. The fourth-order valence-corrected chi connectivity index (χ4v) is 2.57. The van der Waals surface area contributed by atoms with E-state index < -0.39 is 5.91 Å². The number of nitrogens with two attached hydrogens (primary N) is 1. The third kappa shape index (κ3) is 3.67. The van der Waals surface area contributed by atoms with Crippen LogP contribution in [0.5, 0.6) is 0 Å². The van der Waals surface area contributed by atoms with E-state index in [4.69, 9.17) is 28.9 Å². The number of carbonyl (C=O) groups excluding carboxylic acids is 1. The molecule has 1 heterocycles. The van der Waals surface area contributed by atoms with E-state index in [2.05, 4.69) is 15.6 Å². The van der Waals surface area contributed by atoms with E-state index in [1.807, 2.05) is 12.1 Å². The van der Waals surface area contributed by atoms with Gasteiger partial charge in [0.25, 0.3) is 5.91 Å². The lowest BCUT2D eigenvalue weighted by Crippen LogP contribution is -2.15. The Morgan fingerprint density at radius 3 is 2.54 bits per heavy atom. The first kappa shape index (κ1) is 16.3. The lowest BCUT2D eigenvalue weighted by atomic mass is 10.2. The van der Waals surface area contributed by atoms with Crippen LogP contribution in [0.2, 0.25) is 10.0 Å². The summed E-state index contributed by atoms with van der Waals surface area (Å²) < 4.78 is 1.44. The first-order valence-corrected chi connectivity index (χ1v) is 7.79. The molecule has 1 amide bonds. The predicted octanol–water partition coefficient (Wildman–Crippen LogP) is 3.47. The quantitative estimate of drug-likeness (QED) is 0.744. The van der Waals surface area contributed by atoms with Crippen LogP contribution in [0.15, 0.2) is 48.5 Å². The molecule has 0 aliphatic heterocycles. The van der Waals surface area contributed by atoms with E-state index in [1.165, 1.54) is 4.68 Å². The molecule has 0 fully saturated rings. The van der Waals surface area contributed by atoms with Crippen LogP contribution in [0.3, 0.4) is 0 Å². The number of aromatic nitrogens is 3. The third-order valence-corrected chi connectivity index (χ3v) is 3.76. The van der Waals surface area contributed by atoms with E-state index in [0.29, 0.717) is 22.3 Å². The molecule has 0 unspecified atom stereocenters. The Labute approximate surface area is 148 Å². The van der Waals surface area contributed by atoms with Crippen molar-refractivity contribution >= 4 is 40.6 Å². The fourth-order valence-electron chi connectivity index (χ4n) is 2.16. The Bertz CT molecular complexity index is 894. The monoisotopic (exact) mass is 361 g/mol. The summed E-state index contributed by atoms with van der Waals surface area (Å²) in [7, 11) is 0. The van der Waals surface area contributed by atoms with E-state index >= 15 is 0 Å². The zero-order valence-electron chi connectivity index (χ0n) is 12.4. The maximum Gasteiger partial charge on any atom is 0.280 e. The summed E-state index contributed by atoms with van der Waals surface area (Å²) in [6.45, 7) is 0.365. The van der Waals surface area contributed by atoms with Crippen molar-refractivity contribution in [1.29, 1.82) is 0 Å². The van der Waals surface area contributed by atoms with Crippen molar-refractivity contribution in [2.45, 2.75) is 6.54 Å². The number of rotatable bonds is 4. The molecule has 0 saturated heterocycles. The molecule has 0 saturated carbocycles. The van der Waals surface area contributed by atoms with Gasteiger partial charge in [0.15, 0.2) is 11.5 Å². The highest BCUT2D eigenvalue weighted by Crippen LogP contribution is 2.18. The normalized spacial score (nSPS) is 10.6. The smallest absolute Gasteiger partial charge is 0.280 e. The second kappa shape index (κ2) is 6.90. The van der Waals surface area contributed by atoms with E-state index in [-0.39, 0.29) is 11.5 Å². The van der Waals surface area contributed by atoms with Crippen LogP contribution < -0.4 is 11.1 Å². The molecule has 0 bridgehead atoms. The molecular weight excluding hydrogens is 349 g/mol. The summed E-state index contributed by atoms with van der Waals surface area (Å²) in [5.74, 6) is -0.276. The molecule has 0 radical (unpaired) electrons. The van der Waals surface area contributed by atoms with Gasteiger partial charge in [-0.1, -0.05) is 46.6 Å². The second-order valence-electron chi connectivity index (χ2n) is 5.08. The summed E-state index contributed by atoms with van der Waals surface area (Å²) in [5, 5.41) is 11.6. The summed E-state index contributed by atoms with van der Waals surface area (Å²) in [5.41, 5.74) is 7.50. The molecule has 3 aromatic rings. The summed E-state index contributed by atoms with van der Waals surface area (Å²) in [4.78, 5) is 12.3. The average molecular weight is 362 g/mol. The SMILES string of the molecule is Nc1c(C(=O)Nc2cccc(Cl)c2)nnn1Cc1cccc(Cl)c1. The average Bonchev–Trinajstić information content (AvgIpc) is 2.88. The highest BCUT2D eigenvalue weighted by atomic mass is 35.5. The molecule has 122 valence electrons. The van der Waals surface area contributed by atoms with Crippen molar-refractivity contribution in [2.75, 3.05) is 11.1 Å². The molecule has 0 atom stereocenters. The van der Waals surface area contributed by atoms with Crippen molar-refractivity contribution in [1.82, 2.24) is 15.0 Å². The molecule has 3 rings (SSSR count). The standard InChI is InChI=1S/C16H13Cl2N5O/c17-11-4-1-3-10(7-11)9-23-15(19)14(21-22-23)16(24)20-13-6-2-5-12(18)8-13/h1-8H,9,19H2,(H,20,24). The zero-order valence-corrected chi connectivity index (χ0v) is 13.9. The topological polar surface area (TPSA) is 85.8 Å². The largest absolute Gasteiger partial charge is 0.382 e. The molecule has 24 heavy (non-hydrogen) atoms. The number of nitrogens with zero attached hydrogens (tertiary/aromatic N) is 3. The number of halogens is 2. The van der Waals surface area contributed by atoms with Gasteiger partial charge in [-0.25, -0.2) is 4.68 Å². The minimum absolute atomic E-state index is 0.0528. The highest BCUT2D eigenvalue weighted by Gasteiger charge is 2.18. The van der Waals surface area contributed by atoms with Gasteiger partial charge in [-0.15, -0.1) is 5.10 Å². The van der Waals surface area contributed by atoms with E-state index in [9.17, 15) is 4.79 Å². The van der Waals surface area contributed by atoms with Crippen molar-refractivity contribution in [2.24, 2.45) is 0 Å². The maximum absolute atomic E-state index is 12.3. The van der Waals surface area contributed by atoms with Crippen molar-refractivity contribution in [3.8, 4) is 0 Å². The lowest BCUT2D eigenvalue weighted by Gasteiger charge is -2.05. The van der Waals surface area contributed by atoms with Gasteiger partial charge < -0.3 is 11.1 Å². The minimum atomic E-state index is -0.452. The highest BCUT2D eigenvalue weighted by molar-refractivity contribution is 6.31. The van der Waals surface area contributed by atoms with Crippen molar-refractivity contribution < 1.29 is 4.79 Å². The number of carbonyl (C=O) groups is 1. The molecule has 2 aromatic carbocycles. The third-order valence-electron chi connectivity index (χ3n) is 3.29. The van der Waals surface area contributed by atoms with Crippen LogP contribution in [0.25, 0.3) is 0 Å². The van der Waals surface area contributed by atoms with Gasteiger partial charge in [0.1, 0.15) is 0 Å². The molecule has 0 spiro atoms. The fraction of sp³-hybridized carbons (Fsp3) is 0.0625. The number of amides is 1. The van der Waals surface area contributed by atoms with Gasteiger partial charge in [0, 0.05) is 15.7 Å². The van der Waals surface area contributed by atoms with Crippen LogP contribution >= 0.6 is 23.2 Å².